The van der Waals surface area contributed by atoms with Crippen molar-refractivity contribution in [3.05, 3.63) is 77.4 Å². The third-order valence-corrected chi connectivity index (χ3v) is 10.7. The van der Waals surface area contributed by atoms with Crippen LogP contribution in [0.4, 0.5) is 0 Å². The molecule has 3 rings (SSSR count). The van der Waals surface area contributed by atoms with E-state index in [0.717, 1.165) is 11.1 Å². The van der Waals surface area contributed by atoms with Crippen LogP contribution in [0.2, 0.25) is 5.02 Å². The van der Waals surface area contributed by atoms with E-state index in [9.17, 15) is 13.7 Å². The quantitative estimate of drug-likeness (QED) is 0.238. The van der Waals surface area contributed by atoms with E-state index in [1.54, 1.807) is 10.1 Å². The molecule has 1 heterocycles. The van der Waals surface area contributed by atoms with Gasteiger partial charge in [0.05, 0.1) is 17.2 Å². The minimum absolute atomic E-state index is 0.0905. The predicted octanol–water partition coefficient (Wildman–Crippen LogP) is 3.38. The zero-order chi connectivity index (χ0) is 30.0. The number of rotatable bonds is 14. The van der Waals surface area contributed by atoms with Gasteiger partial charge in [0.25, 0.3) is 0 Å². The second-order valence-electron chi connectivity index (χ2n) is 10.6. The van der Waals surface area contributed by atoms with Crippen molar-refractivity contribution in [2.75, 3.05) is 25.6 Å². The van der Waals surface area contributed by atoms with Crippen molar-refractivity contribution < 1.29 is 44.2 Å². The number of nitrogens with zero attached hydrogens (tertiary/aromatic N) is 2. The van der Waals surface area contributed by atoms with Crippen LogP contribution in [-0.2, 0) is 15.3 Å². The summed E-state index contributed by atoms with van der Waals surface area (Å²) in [6.45, 7) is 8.74. The molecule has 1 N–H and O–H groups in total. The molecule has 0 radical (unpaired) electrons. The summed E-state index contributed by atoms with van der Waals surface area (Å²) in [7, 11) is -3.43. The molecule has 2 aromatic carbocycles. The molecular formula is C31H37ClIN2O5S-. The Morgan fingerprint density at radius 1 is 1.12 bits per heavy atom. The van der Waals surface area contributed by atoms with Crippen LogP contribution < -0.4 is 30.7 Å². The van der Waals surface area contributed by atoms with Gasteiger partial charge in [-0.1, -0.05) is 11.6 Å². The molecule has 0 spiro atoms. The van der Waals surface area contributed by atoms with Gasteiger partial charge in [-0.3, -0.25) is 0 Å². The summed E-state index contributed by atoms with van der Waals surface area (Å²) in [4.78, 5) is 4.44. The zero-order valence-electron chi connectivity index (χ0n) is 23.9. The monoisotopic (exact) mass is 711 g/mol. The number of benzene rings is 2. The van der Waals surface area contributed by atoms with Crippen molar-refractivity contribution in [3.8, 4) is 17.6 Å². The maximum absolute atomic E-state index is 12.8. The van der Waals surface area contributed by atoms with Gasteiger partial charge in [-0.25, -0.2) is 0 Å². The molecule has 0 fully saturated rings. The van der Waals surface area contributed by atoms with Crippen molar-refractivity contribution in [2.24, 2.45) is 10.9 Å². The Bertz CT molecular complexity index is 1440. The molecule has 10 heteroatoms. The fourth-order valence-electron chi connectivity index (χ4n) is 3.98. The van der Waals surface area contributed by atoms with Gasteiger partial charge in [-0.15, -0.1) is 0 Å². The zero-order valence-corrected chi connectivity index (χ0v) is 27.6. The fourth-order valence-corrected chi connectivity index (χ4v) is 8.42. The molecule has 0 amide bonds. The van der Waals surface area contributed by atoms with Gasteiger partial charge in [-0.2, -0.15) is 5.26 Å². The van der Waals surface area contributed by atoms with Crippen LogP contribution >= 0.6 is 11.6 Å². The van der Waals surface area contributed by atoms with E-state index in [1.165, 1.54) is 0 Å². The molecule has 0 saturated heterocycles. The Balaban J connectivity index is 1.72. The molecule has 0 aromatic heterocycles. The van der Waals surface area contributed by atoms with Crippen LogP contribution in [0.15, 0.2) is 60.7 Å². The summed E-state index contributed by atoms with van der Waals surface area (Å²) < 4.78 is 41.1. The number of ether oxygens (including phenoxy) is 2. The normalized spacial score (nSPS) is 14.0. The van der Waals surface area contributed by atoms with Crippen LogP contribution in [0.3, 0.4) is 0 Å². The molecule has 0 atom stereocenters. The van der Waals surface area contributed by atoms with Gasteiger partial charge < -0.3 is 9.84 Å². The van der Waals surface area contributed by atoms with Gasteiger partial charge in [-0.05, 0) is 12.8 Å². The van der Waals surface area contributed by atoms with Gasteiger partial charge in [0.15, 0.2) is 5.75 Å². The van der Waals surface area contributed by atoms with E-state index < -0.39 is 36.5 Å². The first-order chi connectivity index (χ1) is 19.5. The number of aliphatic hydroxyl groups is 1. The molecule has 2 aromatic rings. The van der Waals surface area contributed by atoms with Crippen molar-refractivity contribution in [3.63, 3.8) is 0 Å². The Morgan fingerprint density at radius 2 is 1.85 bits per heavy atom. The molecular weight excluding hydrogens is 675 g/mol. The molecule has 7 nitrogen and oxygen atoms in total. The van der Waals surface area contributed by atoms with Crippen molar-refractivity contribution in [1.82, 2.24) is 0 Å². The second kappa shape index (κ2) is 15.2. The Hall–Kier alpha value is -2.39. The molecule has 0 unspecified atom stereocenters. The Morgan fingerprint density at radius 3 is 2.51 bits per heavy atom. The van der Waals surface area contributed by atoms with E-state index in [4.69, 9.17) is 26.2 Å². The summed E-state index contributed by atoms with van der Waals surface area (Å²) in [5.74, 6) is 1.39. The second-order valence-corrected chi connectivity index (χ2v) is 15.2. The van der Waals surface area contributed by atoms with E-state index in [0.29, 0.717) is 59.6 Å². The van der Waals surface area contributed by atoms with E-state index in [2.05, 4.69) is 24.9 Å². The topological polar surface area (TPSA) is 109 Å². The summed E-state index contributed by atoms with van der Waals surface area (Å²) in [5.41, 5.74) is 2.34. The van der Waals surface area contributed by atoms with Crippen LogP contribution in [0.1, 0.15) is 63.6 Å². The molecule has 0 bridgehead atoms. The van der Waals surface area contributed by atoms with E-state index >= 15 is 0 Å². The number of hydrogen-bond donors (Lipinski definition) is 1. The third-order valence-electron chi connectivity index (χ3n) is 6.67. The molecule has 1 aliphatic rings. The molecule has 0 aliphatic carbocycles. The number of aliphatic hydroxyl groups excluding tert-OH is 1. The molecule has 222 valence electrons. The number of aliphatic imine (C=N–C) groups is 1. The van der Waals surface area contributed by atoms with E-state index in [1.807, 2.05) is 54.3 Å². The average Bonchev–Trinajstić information content (AvgIpc) is 3.20. The number of sulfone groups is 1. The van der Waals surface area contributed by atoms with Gasteiger partial charge >= 0.3 is 185 Å². The van der Waals surface area contributed by atoms with E-state index in [-0.39, 0.29) is 24.0 Å². The summed E-state index contributed by atoms with van der Waals surface area (Å²) in [5, 5.41) is 19.2. The summed E-state index contributed by atoms with van der Waals surface area (Å²) >= 11 is 6.01. The van der Waals surface area contributed by atoms with Crippen LogP contribution in [0.25, 0.3) is 0 Å². The van der Waals surface area contributed by atoms with Crippen LogP contribution in [0.5, 0.6) is 11.5 Å². The van der Waals surface area contributed by atoms with Gasteiger partial charge in [0, 0.05) is 6.61 Å². The predicted molar refractivity (Wildman–Crippen MR) is 160 cm³/mol. The fraction of sp³-hybridized carbons (Fsp3) is 0.419. The number of nitriles is 1. The molecule has 0 saturated carbocycles. The minimum atomic E-state index is -3.43. The SMILES string of the molecule is CC(C)CCS(=O)(=O)C1=C[I-]C=CC(COc2ccc(C(C)(C)c3cc(Cl)c(OCCCCO)c(C#N)c3)cc2)=N1. The summed E-state index contributed by atoms with van der Waals surface area (Å²) in [6.07, 6.45) is 3.74. The first-order valence-corrected chi connectivity index (χ1v) is 18.0. The van der Waals surface area contributed by atoms with Crippen LogP contribution in [-0.4, -0.2) is 44.8 Å². The maximum atomic E-state index is 12.8. The van der Waals surface area contributed by atoms with Crippen molar-refractivity contribution in [2.45, 2.75) is 52.4 Å². The van der Waals surface area contributed by atoms with Crippen molar-refractivity contribution >= 4 is 27.1 Å². The Kier molecular flexibility index (Phi) is 12.3. The molecule has 1 aliphatic heterocycles. The first-order valence-electron chi connectivity index (χ1n) is 13.5. The summed E-state index contributed by atoms with van der Waals surface area (Å²) in [6, 6.07) is 13.5. The first kappa shape index (κ1) is 33.1. The number of halogens is 2. The number of unbranched alkanes of at least 4 members (excludes halogenated alkanes) is 1. The Labute approximate surface area is 259 Å². The molecule has 41 heavy (non-hydrogen) atoms. The van der Waals surface area contributed by atoms with Crippen LogP contribution in [0, 0.1) is 17.2 Å². The van der Waals surface area contributed by atoms with Gasteiger partial charge in [0.1, 0.15) is 6.07 Å². The van der Waals surface area contributed by atoms with Gasteiger partial charge in [0.2, 0.25) is 0 Å². The van der Waals surface area contributed by atoms with Crippen molar-refractivity contribution in [1.29, 1.82) is 5.26 Å². The number of hydrogen-bond acceptors (Lipinski definition) is 7. The third kappa shape index (κ3) is 9.30. The average molecular weight is 712 g/mol. The standard InChI is InChI=1S/C31H37ClIN2O5S/c1-22(2)12-16-41(37,38)29-19-33-13-11-26(35-29)21-40-27-9-7-24(8-10-27)31(3,4)25-17-23(20-34)30(28(32)18-25)39-15-6-5-14-36/h7-11,13,17-19,22,36H,5-6,12,14-16,21H2,1-4H3/q-1.